The van der Waals surface area contributed by atoms with Crippen LogP contribution in [0.15, 0.2) is 17.2 Å². The Labute approximate surface area is 178 Å². The summed E-state index contributed by atoms with van der Waals surface area (Å²) < 4.78 is 11.1. The van der Waals surface area contributed by atoms with E-state index in [1.165, 1.54) is 13.5 Å². The number of methoxy groups -OCH3 is 1. The fourth-order valence-corrected chi connectivity index (χ4v) is 4.28. The molecule has 0 bridgehead atoms. The number of benzene rings is 1. The highest BCUT2D eigenvalue weighted by atomic mass is 16.5. The molecule has 0 aliphatic heterocycles. The SMILES string of the molecule is CCOc1c(C(=O)/C(CC)=C(\CC2CCCCC2)C(=O)O)cc(C)c(C=O)c1OC. The van der Waals surface area contributed by atoms with Crippen LogP contribution in [-0.4, -0.2) is 36.9 Å². The minimum Gasteiger partial charge on any atom is -0.492 e. The monoisotopic (exact) mass is 416 g/mol. The number of ketones is 1. The van der Waals surface area contributed by atoms with Crippen LogP contribution in [0.1, 0.15) is 85.1 Å². The molecular formula is C24H32O6. The maximum atomic E-state index is 13.5. The summed E-state index contributed by atoms with van der Waals surface area (Å²) in [4.78, 5) is 37.2. The first kappa shape index (κ1) is 23.6. The van der Waals surface area contributed by atoms with Gasteiger partial charge < -0.3 is 14.6 Å². The van der Waals surface area contributed by atoms with E-state index in [2.05, 4.69) is 0 Å². The predicted octanol–water partition coefficient (Wildman–Crippen LogP) is 5.16. The number of carboxylic acid groups (broad SMARTS) is 1. The molecule has 6 nitrogen and oxygen atoms in total. The molecule has 0 amide bonds. The molecule has 30 heavy (non-hydrogen) atoms. The topological polar surface area (TPSA) is 89.9 Å². The van der Waals surface area contributed by atoms with Crippen LogP contribution in [0.25, 0.3) is 0 Å². The maximum absolute atomic E-state index is 13.5. The molecule has 164 valence electrons. The van der Waals surface area contributed by atoms with Crippen LogP contribution in [0.4, 0.5) is 0 Å². The standard InChI is InChI=1S/C24H32O6/c1-5-17(18(24(27)28)13-16-10-8-7-9-11-16)21(26)19-12-15(3)20(14-25)22(29-4)23(19)30-6-2/h12,14,16H,5-11,13H2,1-4H3,(H,27,28)/b18-17+. The summed E-state index contributed by atoms with van der Waals surface area (Å²) in [6.45, 7) is 5.56. The Bertz CT molecular complexity index is 831. The lowest BCUT2D eigenvalue weighted by molar-refractivity contribution is -0.133. The van der Waals surface area contributed by atoms with Gasteiger partial charge in [-0.05, 0) is 44.2 Å². The fraction of sp³-hybridized carbons (Fsp3) is 0.542. The maximum Gasteiger partial charge on any atom is 0.331 e. The number of allylic oxidation sites excluding steroid dienone is 1. The first-order valence-corrected chi connectivity index (χ1v) is 10.7. The molecule has 0 radical (unpaired) electrons. The molecular weight excluding hydrogens is 384 g/mol. The summed E-state index contributed by atoms with van der Waals surface area (Å²) in [5.41, 5.74) is 1.60. The van der Waals surface area contributed by atoms with E-state index in [4.69, 9.17) is 9.47 Å². The summed E-state index contributed by atoms with van der Waals surface area (Å²) in [5, 5.41) is 9.90. The van der Waals surface area contributed by atoms with Crippen molar-refractivity contribution in [2.75, 3.05) is 13.7 Å². The van der Waals surface area contributed by atoms with Gasteiger partial charge in [-0.15, -0.1) is 0 Å². The molecule has 1 N–H and O–H groups in total. The van der Waals surface area contributed by atoms with E-state index < -0.39 is 5.97 Å². The van der Waals surface area contributed by atoms with E-state index in [0.717, 1.165) is 25.7 Å². The highest BCUT2D eigenvalue weighted by Gasteiger charge is 2.28. The minimum absolute atomic E-state index is 0.186. The zero-order chi connectivity index (χ0) is 22.3. The van der Waals surface area contributed by atoms with E-state index in [9.17, 15) is 19.5 Å². The molecule has 0 spiro atoms. The van der Waals surface area contributed by atoms with Crippen molar-refractivity contribution in [2.45, 2.75) is 65.7 Å². The number of aldehydes is 1. The predicted molar refractivity (Wildman–Crippen MR) is 115 cm³/mol. The van der Waals surface area contributed by atoms with Crippen LogP contribution in [0, 0.1) is 12.8 Å². The van der Waals surface area contributed by atoms with Crippen LogP contribution < -0.4 is 9.47 Å². The first-order chi connectivity index (χ1) is 14.4. The van der Waals surface area contributed by atoms with Crippen molar-refractivity contribution in [2.24, 2.45) is 5.92 Å². The Hall–Kier alpha value is -2.63. The number of rotatable bonds is 10. The third kappa shape index (κ3) is 5.10. The zero-order valence-electron chi connectivity index (χ0n) is 18.4. The van der Waals surface area contributed by atoms with Crippen molar-refractivity contribution in [3.8, 4) is 11.5 Å². The van der Waals surface area contributed by atoms with E-state index >= 15 is 0 Å². The summed E-state index contributed by atoms with van der Waals surface area (Å²) in [6.07, 6.45) is 6.75. The van der Waals surface area contributed by atoms with Crippen molar-refractivity contribution in [3.63, 3.8) is 0 Å². The van der Waals surface area contributed by atoms with E-state index in [1.54, 1.807) is 26.8 Å². The lowest BCUT2D eigenvalue weighted by atomic mass is 9.82. The van der Waals surface area contributed by atoms with Crippen LogP contribution in [0.3, 0.4) is 0 Å². The number of hydrogen-bond donors (Lipinski definition) is 1. The summed E-state index contributed by atoms with van der Waals surface area (Å²) in [5.74, 6) is -0.745. The van der Waals surface area contributed by atoms with Crippen molar-refractivity contribution in [1.29, 1.82) is 0 Å². The lowest BCUT2D eigenvalue weighted by Gasteiger charge is -2.23. The number of carbonyl (C=O) groups excluding carboxylic acids is 2. The van der Waals surface area contributed by atoms with Crippen LogP contribution in [-0.2, 0) is 4.79 Å². The van der Waals surface area contributed by atoms with Gasteiger partial charge in [0.15, 0.2) is 23.6 Å². The van der Waals surface area contributed by atoms with Gasteiger partial charge >= 0.3 is 5.97 Å². The van der Waals surface area contributed by atoms with Crippen LogP contribution >= 0.6 is 0 Å². The molecule has 0 heterocycles. The molecule has 2 rings (SSSR count). The second-order valence-corrected chi connectivity index (χ2v) is 7.72. The first-order valence-electron chi connectivity index (χ1n) is 10.7. The highest BCUT2D eigenvalue weighted by Crippen LogP contribution is 2.39. The van der Waals surface area contributed by atoms with Gasteiger partial charge in [0, 0.05) is 11.1 Å². The molecule has 6 heteroatoms. The van der Waals surface area contributed by atoms with Crippen LogP contribution in [0.5, 0.6) is 11.5 Å². The van der Waals surface area contributed by atoms with Gasteiger partial charge in [0.2, 0.25) is 0 Å². The molecule has 1 aromatic carbocycles. The Balaban J connectivity index is 2.60. The minimum atomic E-state index is -1.04. The van der Waals surface area contributed by atoms with E-state index in [1.807, 2.05) is 0 Å². The summed E-state index contributed by atoms with van der Waals surface area (Å²) in [6, 6.07) is 1.59. The van der Waals surface area contributed by atoms with Gasteiger partial charge in [0.05, 0.1) is 24.8 Å². The van der Waals surface area contributed by atoms with E-state index in [0.29, 0.717) is 36.2 Å². The number of aryl methyl sites for hydroxylation is 1. The molecule has 1 saturated carbocycles. The van der Waals surface area contributed by atoms with Gasteiger partial charge in [0.25, 0.3) is 0 Å². The van der Waals surface area contributed by atoms with Crippen LogP contribution in [0.2, 0.25) is 0 Å². The number of Topliss-reactive ketones (excluding diaryl/α,β-unsaturated/α-hetero) is 1. The number of hydrogen-bond acceptors (Lipinski definition) is 5. The van der Waals surface area contributed by atoms with Crippen molar-refractivity contribution < 1.29 is 29.0 Å². The number of carboxylic acids is 1. The molecule has 1 aromatic rings. The molecule has 0 saturated heterocycles. The third-order valence-electron chi connectivity index (χ3n) is 5.80. The lowest BCUT2D eigenvalue weighted by Crippen LogP contribution is -2.18. The molecule has 0 atom stereocenters. The smallest absolute Gasteiger partial charge is 0.331 e. The second-order valence-electron chi connectivity index (χ2n) is 7.72. The van der Waals surface area contributed by atoms with Crippen molar-refractivity contribution in [1.82, 2.24) is 0 Å². The quantitative estimate of drug-likeness (QED) is 0.322. The number of carbonyl (C=O) groups is 3. The Morgan fingerprint density at radius 1 is 1.13 bits per heavy atom. The second kappa shape index (κ2) is 11.0. The fourth-order valence-electron chi connectivity index (χ4n) is 4.28. The Kier molecular flexibility index (Phi) is 8.63. The Morgan fingerprint density at radius 2 is 1.80 bits per heavy atom. The molecule has 1 aliphatic rings. The van der Waals surface area contributed by atoms with Gasteiger partial charge in [-0.2, -0.15) is 0 Å². The number of ether oxygens (including phenoxy) is 2. The normalized spacial score (nSPS) is 15.3. The highest BCUT2D eigenvalue weighted by molar-refractivity contribution is 6.15. The molecule has 0 unspecified atom stereocenters. The van der Waals surface area contributed by atoms with Crippen molar-refractivity contribution >= 4 is 18.0 Å². The molecule has 1 aliphatic carbocycles. The Morgan fingerprint density at radius 3 is 2.30 bits per heavy atom. The number of aliphatic carboxylic acids is 1. The van der Waals surface area contributed by atoms with E-state index in [-0.39, 0.29) is 40.6 Å². The van der Waals surface area contributed by atoms with Gasteiger partial charge in [-0.25, -0.2) is 4.79 Å². The van der Waals surface area contributed by atoms with Gasteiger partial charge in [-0.3, -0.25) is 9.59 Å². The molecule has 0 aromatic heterocycles. The van der Waals surface area contributed by atoms with Gasteiger partial charge in [-0.1, -0.05) is 39.0 Å². The molecule has 1 fully saturated rings. The largest absolute Gasteiger partial charge is 0.492 e. The average molecular weight is 417 g/mol. The van der Waals surface area contributed by atoms with Gasteiger partial charge in [0.1, 0.15) is 0 Å². The average Bonchev–Trinajstić information content (AvgIpc) is 2.74. The third-order valence-corrected chi connectivity index (χ3v) is 5.80. The summed E-state index contributed by atoms with van der Waals surface area (Å²) in [7, 11) is 1.42. The zero-order valence-corrected chi connectivity index (χ0v) is 18.4. The summed E-state index contributed by atoms with van der Waals surface area (Å²) >= 11 is 0. The van der Waals surface area contributed by atoms with Crippen molar-refractivity contribution in [3.05, 3.63) is 33.9 Å².